The number of rotatable bonds is 4. The van der Waals surface area contributed by atoms with Crippen LogP contribution in [0.2, 0.25) is 0 Å². The smallest absolute Gasteiger partial charge is 0.223 e. The lowest BCUT2D eigenvalue weighted by molar-refractivity contribution is 0.189. The summed E-state index contributed by atoms with van der Waals surface area (Å²) in [5.74, 6) is 1.57. The number of nitrogens with zero attached hydrogens (tertiary/aromatic N) is 2. The second-order valence-corrected chi connectivity index (χ2v) is 4.79. The highest BCUT2D eigenvalue weighted by atomic mass is 79.9. The average molecular weight is 313 g/mol. The van der Waals surface area contributed by atoms with Crippen molar-refractivity contribution >= 4 is 15.9 Å². The second kappa shape index (κ2) is 5.49. The van der Waals surface area contributed by atoms with Crippen molar-refractivity contribution < 1.29 is 14.4 Å². The van der Waals surface area contributed by atoms with Gasteiger partial charge in [-0.15, -0.1) is 0 Å². The lowest BCUT2D eigenvalue weighted by atomic mass is 10.1. The standard InChI is InChI=1S/C12H13BrN2O3/c1-7(16)10-4-3-9(13)5-11(10)17-6-12-14-8(2)18-15-12/h3-5,7,16H,6H2,1-2H3/t7-/m1/s1. The molecule has 0 fully saturated rings. The van der Waals surface area contributed by atoms with Crippen LogP contribution in [-0.2, 0) is 6.61 Å². The third-order valence-electron chi connectivity index (χ3n) is 2.35. The first-order chi connectivity index (χ1) is 8.56. The first-order valence-electron chi connectivity index (χ1n) is 5.46. The fourth-order valence-electron chi connectivity index (χ4n) is 1.52. The van der Waals surface area contributed by atoms with Crippen LogP contribution in [0.1, 0.15) is 30.3 Å². The highest BCUT2D eigenvalue weighted by Gasteiger charge is 2.11. The number of aromatic nitrogens is 2. The van der Waals surface area contributed by atoms with Gasteiger partial charge < -0.3 is 14.4 Å². The maximum Gasteiger partial charge on any atom is 0.223 e. The summed E-state index contributed by atoms with van der Waals surface area (Å²) in [4.78, 5) is 4.05. The highest BCUT2D eigenvalue weighted by Crippen LogP contribution is 2.29. The Morgan fingerprint density at radius 3 is 2.89 bits per heavy atom. The molecule has 0 aliphatic heterocycles. The topological polar surface area (TPSA) is 68.4 Å². The summed E-state index contributed by atoms with van der Waals surface area (Å²) in [6, 6.07) is 5.47. The number of hydrogen-bond donors (Lipinski definition) is 1. The number of aliphatic hydroxyl groups is 1. The summed E-state index contributed by atoms with van der Waals surface area (Å²) < 4.78 is 11.3. The zero-order valence-corrected chi connectivity index (χ0v) is 11.6. The molecule has 1 atom stereocenters. The minimum Gasteiger partial charge on any atom is -0.485 e. The van der Waals surface area contributed by atoms with Crippen LogP contribution in [0.25, 0.3) is 0 Å². The van der Waals surface area contributed by atoms with Crippen molar-refractivity contribution in [2.24, 2.45) is 0 Å². The molecule has 0 saturated carbocycles. The van der Waals surface area contributed by atoms with E-state index in [9.17, 15) is 5.11 Å². The van der Waals surface area contributed by atoms with E-state index in [4.69, 9.17) is 9.26 Å². The summed E-state index contributed by atoms with van der Waals surface area (Å²) in [7, 11) is 0. The van der Waals surface area contributed by atoms with Crippen LogP contribution >= 0.6 is 15.9 Å². The van der Waals surface area contributed by atoms with Gasteiger partial charge in [-0.3, -0.25) is 0 Å². The van der Waals surface area contributed by atoms with Crippen LogP contribution in [0.5, 0.6) is 5.75 Å². The minimum atomic E-state index is -0.597. The zero-order valence-electron chi connectivity index (χ0n) is 10.1. The van der Waals surface area contributed by atoms with Gasteiger partial charge in [0, 0.05) is 17.0 Å². The van der Waals surface area contributed by atoms with Crippen LogP contribution in [0.4, 0.5) is 0 Å². The van der Waals surface area contributed by atoms with Gasteiger partial charge in [-0.25, -0.2) is 0 Å². The summed E-state index contributed by atoms with van der Waals surface area (Å²) in [6.45, 7) is 3.61. The second-order valence-electron chi connectivity index (χ2n) is 3.88. The summed E-state index contributed by atoms with van der Waals surface area (Å²) in [6.07, 6.45) is -0.597. The van der Waals surface area contributed by atoms with Gasteiger partial charge in [0.25, 0.3) is 0 Å². The molecule has 0 saturated heterocycles. The normalized spacial score (nSPS) is 12.4. The molecule has 2 rings (SSSR count). The molecule has 1 aromatic carbocycles. The van der Waals surface area contributed by atoms with Crippen LogP contribution < -0.4 is 4.74 Å². The van der Waals surface area contributed by atoms with Gasteiger partial charge >= 0.3 is 0 Å². The van der Waals surface area contributed by atoms with Gasteiger partial charge in [0.15, 0.2) is 6.61 Å². The van der Waals surface area contributed by atoms with E-state index in [-0.39, 0.29) is 6.61 Å². The molecule has 96 valence electrons. The van der Waals surface area contributed by atoms with Crippen molar-refractivity contribution in [3.8, 4) is 5.75 Å². The summed E-state index contributed by atoms with van der Waals surface area (Å²) in [5, 5.41) is 13.4. The first kappa shape index (κ1) is 13.0. The van der Waals surface area contributed by atoms with Crippen molar-refractivity contribution in [1.29, 1.82) is 0 Å². The number of halogens is 1. The molecule has 1 heterocycles. The van der Waals surface area contributed by atoms with E-state index in [2.05, 4.69) is 26.1 Å². The molecule has 0 aliphatic rings. The molecule has 0 spiro atoms. The molecule has 0 unspecified atom stereocenters. The molecule has 18 heavy (non-hydrogen) atoms. The molecule has 5 nitrogen and oxygen atoms in total. The Hall–Kier alpha value is -1.40. The maximum absolute atomic E-state index is 9.65. The van der Waals surface area contributed by atoms with Gasteiger partial charge in [-0.2, -0.15) is 4.98 Å². The molecule has 1 N–H and O–H groups in total. The van der Waals surface area contributed by atoms with Crippen molar-refractivity contribution in [2.45, 2.75) is 26.6 Å². The molecule has 0 aliphatic carbocycles. The predicted molar refractivity (Wildman–Crippen MR) is 68.1 cm³/mol. The van der Waals surface area contributed by atoms with E-state index in [1.54, 1.807) is 19.9 Å². The van der Waals surface area contributed by atoms with Crippen LogP contribution in [0.15, 0.2) is 27.2 Å². The fourth-order valence-corrected chi connectivity index (χ4v) is 1.86. The Morgan fingerprint density at radius 2 is 2.28 bits per heavy atom. The molecular formula is C12H13BrN2O3. The fraction of sp³-hybridized carbons (Fsp3) is 0.333. The maximum atomic E-state index is 9.65. The molecule has 0 amide bonds. The minimum absolute atomic E-state index is 0.202. The van der Waals surface area contributed by atoms with E-state index >= 15 is 0 Å². The Kier molecular flexibility index (Phi) is 3.98. The van der Waals surface area contributed by atoms with Crippen molar-refractivity contribution in [2.75, 3.05) is 0 Å². The number of ether oxygens (including phenoxy) is 1. The first-order valence-corrected chi connectivity index (χ1v) is 6.25. The van der Waals surface area contributed by atoms with Gasteiger partial charge in [0.1, 0.15) is 5.75 Å². The Bertz CT molecular complexity index is 540. The van der Waals surface area contributed by atoms with Gasteiger partial charge in [0.05, 0.1) is 6.10 Å². The van der Waals surface area contributed by atoms with E-state index in [1.807, 2.05) is 12.1 Å². The largest absolute Gasteiger partial charge is 0.485 e. The average Bonchev–Trinajstić information content (AvgIpc) is 2.72. The van der Waals surface area contributed by atoms with Crippen LogP contribution in [0.3, 0.4) is 0 Å². The van der Waals surface area contributed by atoms with E-state index in [0.717, 1.165) is 10.0 Å². The third-order valence-corrected chi connectivity index (χ3v) is 2.85. The zero-order chi connectivity index (χ0) is 13.1. The van der Waals surface area contributed by atoms with E-state index in [1.165, 1.54) is 0 Å². The summed E-state index contributed by atoms with van der Waals surface area (Å²) >= 11 is 3.36. The number of benzene rings is 1. The summed E-state index contributed by atoms with van der Waals surface area (Å²) in [5.41, 5.74) is 0.721. The quantitative estimate of drug-likeness (QED) is 0.940. The number of aliphatic hydroxyl groups excluding tert-OH is 1. The Morgan fingerprint density at radius 1 is 1.50 bits per heavy atom. The van der Waals surface area contributed by atoms with E-state index in [0.29, 0.717) is 17.5 Å². The van der Waals surface area contributed by atoms with Crippen molar-refractivity contribution in [1.82, 2.24) is 10.1 Å². The lowest BCUT2D eigenvalue weighted by Gasteiger charge is -2.12. The Balaban J connectivity index is 2.15. The van der Waals surface area contributed by atoms with Gasteiger partial charge in [-0.05, 0) is 19.1 Å². The van der Waals surface area contributed by atoms with Crippen molar-refractivity contribution in [3.05, 3.63) is 40.0 Å². The molecule has 1 aromatic heterocycles. The molecule has 0 bridgehead atoms. The Labute approximate surface area is 113 Å². The van der Waals surface area contributed by atoms with Crippen LogP contribution in [0, 0.1) is 6.92 Å². The molecular weight excluding hydrogens is 300 g/mol. The van der Waals surface area contributed by atoms with Gasteiger partial charge in [-0.1, -0.05) is 27.2 Å². The van der Waals surface area contributed by atoms with Crippen molar-refractivity contribution in [3.63, 3.8) is 0 Å². The van der Waals surface area contributed by atoms with E-state index < -0.39 is 6.10 Å². The lowest BCUT2D eigenvalue weighted by Crippen LogP contribution is -2.02. The number of aryl methyl sites for hydroxylation is 1. The van der Waals surface area contributed by atoms with Crippen LogP contribution in [-0.4, -0.2) is 15.2 Å². The molecule has 0 radical (unpaired) electrons. The monoisotopic (exact) mass is 312 g/mol. The molecule has 6 heteroatoms. The third kappa shape index (κ3) is 3.08. The highest BCUT2D eigenvalue weighted by molar-refractivity contribution is 9.10. The SMILES string of the molecule is Cc1nc(COc2cc(Br)ccc2[C@@H](C)O)no1. The molecule has 2 aromatic rings. The predicted octanol–water partition coefficient (Wildman–Crippen LogP) is 2.77. The number of hydrogen-bond acceptors (Lipinski definition) is 5. The van der Waals surface area contributed by atoms with Gasteiger partial charge in [0.2, 0.25) is 11.7 Å².